The summed E-state index contributed by atoms with van der Waals surface area (Å²) in [6.45, 7) is 10.8. The summed E-state index contributed by atoms with van der Waals surface area (Å²) in [4.78, 5) is 2.42. The lowest BCUT2D eigenvalue weighted by atomic mass is 10.0. The first-order valence-electron chi connectivity index (χ1n) is 5.54. The largest absolute Gasteiger partial charge is 0.383 e. The van der Waals surface area contributed by atoms with Crippen molar-refractivity contribution in [2.24, 2.45) is 5.92 Å². The Labute approximate surface area is 88.8 Å². The average molecular weight is 202 g/mol. The lowest BCUT2D eigenvalue weighted by molar-refractivity contribution is 0.139. The lowest BCUT2D eigenvalue weighted by Gasteiger charge is -2.28. The fourth-order valence-electron chi connectivity index (χ4n) is 1.51. The van der Waals surface area contributed by atoms with Crippen LogP contribution in [0.25, 0.3) is 0 Å². The Morgan fingerprint density at radius 2 is 2.00 bits per heavy atom. The van der Waals surface area contributed by atoms with Gasteiger partial charge in [-0.1, -0.05) is 20.8 Å². The monoisotopic (exact) mass is 202 g/mol. The molecule has 3 heteroatoms. The van der Waals surface area contributed by atoms with E-state index in [1.54, 1.807) is 7.11 Å². The molecule has 0 aromatic carbocycles. The Morgan fingerprint density at radius 3 is 2.36 bits per heavy atom. The number of hydrogen-bond donors (Lipinski definition) is 1. The first-order valence-corrected chi connectivity index (χ1v) is 5.54. The molecule has 0 aliphatic heterocycles. The molecule has 14 heavy (non-hydrogen) atoms. The van der Waals surface area contributed by atoms with E-state index in [1.165, 1.54) is 0 Å². The molecule has 0 aromatic heterocycles. The summed E-state index contributed by atoms with van der Waals surface area (Å²) in [7, 11) is 3.79. The lowest BCUT2D eigenvalue weighted by Crippen LogP contribution is -2.43. The molecule has 0 bridgehead atoms. The van der Waals surface area contributed by atoms with E-state index >= 15 is 0 Å². The first kappa shape index (κ1) is 13.9. The Kier molecular flexibility index (Phi) is 8.14. The van der Waals surface area contributed by atoms with Gasteiger partial charge in [-0.2, -0.15) is 0 Å². The second-order valence-corrected chi connectivity index (χ2v) is 4.03. The Balaban J connectivity index is 3.87. The molecule has 0 saturated heterocycles. The van der Waals surface area contributed by atoms with Gasteiger partial charge < -0.3 is 10.1 Å². The van der Waals surface area contributed by atoms with Crippen molar-refractivity contribution in [2.45, 2.75) is 26.8 Å². The summed E-state index contributed by atoms with van der Waals surface area (Å²) in [6.07, 6.45) is 0. The summed E-state index contributed by atoms with van der Waals surface area (Å²) in [5.74, 6) is 0.677. The molecular formula is C11H26N2O. The Bertz CT molecular complexity index is 128. The van der Waals surface area contributed by atoms with E-state index in [0.717, 1.165) is 26.2 Å². The molecule has 0 amide bonds. The maximum absolute atomic E-state index is 5.09. The van der Waals surface area contributed by atoms with Crippen molar-refractivity contribution in [1.29, 1.82) is 0 Å². The van der Waals surface area contributed by atoms with Gasteiger partial charge in [0.25, 0.3) is 0 Å². The fourth-order valence-corrected chi connectivity index (χ4v) is 1.51. The molecule has 0 aromatic rings. The van der Waals surface area contributed by atoms with Gasteiger partial charge in [-0.3, -0.25) is 4.90 Å². The van der Waals surface area contributed by atoms with Crippen LogP contribution in [0, 0.1) is 5.92 Å². The molecule has 0 radical (unpaired) electrons. The normalized spacial score (nSPS) is 13.9. The number of likely N-dealkylation sites (N-methyl/N-ethyl adjacent to an activating group) is 2. The average Bonchev–Trinajstić information content (AvgIpc) is 2.18. The van der Waals surface area contributed by atoms with Gasteiger partial charge in [-0.15, -0.1) is 0 Å². The summed E-state index contributed by atoms with van der Waals surface area (Å²) >= 11 is 0. The second kappa shape index (κ2) is 8.21. The van der Waals surface area contributed by atoms with Crippen LogP contribution in [-0.2, 0) is 4.74 Å². The number of methoxy groups -OCH3 is 1. The number of hydrogen-bond acceptors (Lipinski definition) is 3. The molecule has 1 unspecified atom stereocenters. The van der Waals surface area contributed by atoms with Crippen LogP contribution in [0.5, 0.6) is 0 Å². The van der Waals surface area contributed by atoms with E-state index in [2.05, 4.69) is 31.0 Å². The third kappa shape index (κ3) is 5.58. The van der Waals surface area contributed by atoms with Crippen LogP contribution in [0.1, 0.15) is 20.8 Å². The zero-order valence-corrected chi connectivity index (χ0v) is 10.3. The van der Waals surface area contributed by atoms with Crippen LogP contribution in [0.15, 0.2) is 0 Å². The van der Waals surface area contributed by atoms with Gasteiger partial charge in [0.2, 0.25) is 0 Å². The van der Waals surface area contributed by atoms with Crippen LogP contribution in [0.3, 0.4) is 0 Å². The molecular weight excluding hydrogens is 176 g/mol. The summed E-state index contributed by atoms with van der Waals surface area (Å²) in [5, 5.41) is 3.36. The fraction of sp³-hybridized carbons (Fsp3) is 1.00. The van der Waals surface area contributed by atoms with E-state index in [-0.39, 0.29) is 0 Å². The van der Waals surface area contributed by atoms with Crippen LogP contribution in [0.4, 0.5) is 0 Å². The molecule has 1 atom stereocenters. The van der Waals surface area contributed by atoms with Crippen LogP contribution in [-0.4, -0.2) is 51.3 Å². The standard InChI is InChI=1S/C11H26N2O/c1-6-13(7-8-14-5)9-11(12-4)10(2)3/h10-12H,6-9H2,1-5H3. The molecule has 3 nitrogen and oxygen atoms in total. The Morgan fingerprint density at radius 1 is 1.36 bits per heavy atom. The van der Waals surface area contributed by atoms with Crippen molar-refractivity contribution in [2.75, 3.05) is 40.4 Å². The van der Waals surface area contributed by atoms with E-state index < -0.39 is 0 Å². The topological polar surface area (TPSA) is 24.5 Å². The van der Waals surface area contributed by atoms with E-state index in [4.69, 9.17) is 4.74 Å². The van der Waals surface area contributed by atoms with Crippen LogP contribution < -0.4 is 5.32 Å². The Hall–Kier alpha value is -0.120. The van der Waals surface area contributed by atoms with Gasteiger partial charge in [0.05, 0.1) is 6.61 Å². The summed E-state index contributed by atoms with van der Waals surface area (Å²) in [6, 6.07) is 0.576. The van der Waals surface area contributed by atoms with Gasteiger partial charge in [0.1, 0.15) is 0 Å². The van der Waals surface area contributed by atoms with Crippen molar-refractivity contribution in [1.82, 2.24) is 10.2 Å². The molecule has 0 rings (SSSR count). The summed E-state index contributed by atoms with van der Waals surface area (Å²) in [5.41, 5.74) is 0. The van der Waals surface area contributed by atoms with Crippen LogP contribution >= 0.6 is 0 Å². The molecule has 0 fully saturated rings. The predicted molar refractivity (Wildman–Crippen MR) is 61.7 cm³/mol. The second-order valence-electron chi connectivity index (χ2n) is 4.03. The van der Waals surface area contributed by atoms with Gasteiger partial charge in [0, 0.05) is 26.2 Å². The number of ether oxygens (including phenoxy) is 1. The highest BCUT2D eigenvalue weighted by Crippen LogP contribution is 2.03. The highest BCUT2D eigenvalue weighted by atomic mass is 16.5. The van der Waals surface area contributed by atoms with E-state index in [0.29, 0.717) is 12.0 Å². The van der Waals surface area contributed by atoms with E-state index in [1.807, 2.05) is 7.05 Å². The van der Waals surface area contributed by atoms with Crippen molar-refractivity contribution in [3.8, 4) is 0 Å². The van der Waals surface area contributed by atoms with Gasteiger partial charge >= 0.3 is 0 Å². The van der Waals surface area contributed by atoms with Crippen molar-refractivity contribution >= 4 is 0 Å². The molecule has 0 spiro atoms. The predicted octanol–water partition coefficient (Wildman–Crippen LogP) is 1.20. The first-order chi connectivity index (χ1) is 6.65. The van der Waals surface area contributed by atoms with Crippen molar-refractivity contribution < 1.29 is 4.74 Å². The molecule has 0 aliphatic rings. The highest BCUT2D eigenvalue weighted by molar-refractivity contribution is 4.73. The molecule has 1 N–H and O–H groups in total. The van der Waals surface area contributed by atoms with Gasteiger partial charge in [0.15, 0.2) is 0 Å². The zero-order valence-electron chi connectivity index (χ0n) is 10.3. The van der Waals surface area contributed by atoms with Gasteiger partial charge in [-0.25, -0.2) is 0 Å². The highest BCUT2D eigenvalue weighted by Gasteiger charge is 2.14. The van der Waals surface area contributed by atoms with Crippen molar-refractivity contribution in [3.63, 3.8) is 0 Å². The third-order valence-electron chi connectivity index (χ3n) is 2.69. The minimum atomic E-state index is 0.576. The minimum absolute atomic E-state index is 0.576. The number of nitrogens with one attached hydrogen (secondary N) is 1. The van der Waals surface area contributed by atoms with E-state index in [9.17, 15) is 0 Å². The quantitative estimate of drug-likeness (QED) is 0.640. The zero-order chi connectivity index (χ0) is 11.0. The van der Waals surface area contributed by atoms with Gasteiger partial charge in [-0.05, 0) is 19.5 Å². The van der Waals surface area contributed by atoms with Crippen LogP contribution in [0.2, 0.25) is 0 Å². The molecule has 86 valence electrons. The third-order valence-corrected chi connectivity index (χ3v) is 2.69. The van der Waals surface area contributed by atoms with Crippen molar-refractivity contribution in [3.05, 3.63) is 0 Å². The smallest absolute Gasteiger partial charge is 0.0589 e. The minimum Gasteiger partial charge on any atom is -0.383 e. The molecule has 0 saturated carbocycles. The SMILES string of the molecule is CCN(CCOC)CC(NC)C(C)C. The number of nitrogens with zero attached hydrogens (tertiary/aromatic N) is 1. The maximum atomic E-state index is 5.09. The molecule has 0 heterocycles. The maximum Gasteiger partial charge on any atom is 0.0589 e. The number of rotatable bonds is 8. The summed E-state index contributed by atoms with van der Waals surface area (Å²) < 4.78 is 5.09. The molecule has 0 aliphatic carbocycles.